The van der Waals surface area contributed by atoms with Crippen molar-refractivity contribution >= 4 is 21.8 Å². The lowest BCUT2D eigenvalue weighted by Gasteiger charge is -2.30. The highest BCUT2D eigenvalue weighted by Gasteiger charge is 2.51. The van der Waals surface area contributed by atoms with Gasteiger partial charge in [0.25, 0.3) is 0 Å². The molecule has 260 valence electrons. The van der Waals surface area contributed by atoms with Gasteiger partial charge in [-0.2, -0.15) is 9.97 Å². The van der Waals surface area contributed by atoms with Crippen LogP contribution in [0.5, 0.6) is 0 Å². The van der Waals surface area contributed by atoms with Crippen molar-refractivity contribution in [2.45, 2.75) is 5.41 Å². The normalized spacial score (nSPS) is 13.1. The third-order valence-corrected chi connectivity index (χ3v) is 11.9. The number of aromatic nitrogens is 4. The van der Waals surface area contributed by atoms with Crippen molar-refractivity contribution in [2.75, 3.05) is 0 Å². The van der Waals surface area contributed by atoms with Gasteiger partial charge in [0.05, 0.1) is 16.4 Å². The molecule has 0 amide bonds. The van der Waals surface area contributed by atoms with Gasteiger partial charge in [0.2, 0.25) is 5.95 Å². The smallest absolute Gasteiger partial charge is 0.238 e. The van der Waals surface area contributed by atoms with Crippen LogP contribution in [0.3, 0.4) is 0 Å². The third-order valence-electron chi connectivity index (χ3n) is 11.9. The molecule has 8 aromatic carbocycles. The molecule has 0 N–H and O–H groups in total. The summed E-state index contributed by atoms with van der Waals surface area (Å²) in [6, 6.07) is 69.5. The Balaban J connectivity index is 1.17. The van der Waals surface area contributed by atoms with Gasteiger partial charge >= 0.3 is 0 Å². The Morgan fingerprint density at radius 2 is 0.821 bits per heavy atom. The largest absolute Gasteiger partial charge is 0.278 e. The quantitative estimate of drug-likeness (QED) is 0.182. The summed E-state index contributed by atoms with van der Waals surface area (Å²) in [7, 11) is 0. The molecule has 0 unspecified atom stereocenters. The minimum Gasteiger partial charge on any atom is -0.278 e. The van der Waals surface area contributed by atoms with E-state index < -0.39 is 5.41 Å². The summed E-state index contributed by atoms with van der Waals surface area (Å²) in [4.78, 5) is 15.8. The van der Waals surface area contributed by atoms with E-state index in [0.717, 1.165) is 38.7 Å². The van der Waals surface area contributed by atoms with Gasteiger partial charge in [0, 0.05) is 21.9 Å². The van der Waals surface area contributed by atoms with Crippen molar-refractivity contribution in [3.8, 4) is 62.1 Å². The summed E-state index contributed by atoms with van der Waals surface area (Å²) in [5.74, 6) is 1.84. The Bertz CT molecular complexity index is 3150. The predicted octanol–water partition coefficient (Wildman–Crippen LogP) is 12.3. The summed E-state index contributed by atoms with van der Waals surface area (Å²) in [6.07, 6.45) is 0. The van der Waals surface area contributed by atoms with E-state index in [1.54, 1.807) is 0 Å². The van der Waals surface area contributed by atoms with Gasteiger partial charge in [-0.25, -0.2) is 4.98 Å². The second kappa shape index (κ2) is 11.8. The number of benzene rings is 8. The van der Waals surface area contributed by atoms with E-state index in [1.807, 2.05) is 24.3 Å². The molecule has 2 aliphatic rings. The summed E-state index contributed by atoms with van der Waals surface area (Å²) in [5, 5.41) is 2.32. The van der Waals surface area contributed by atoms with E-state index >= 15 is 0 Å². The average molecular weight is 713 g/mol. The van der Waals surface area contributed by atoms with E-state index in [-0.39, 0.29) is 0 Å². The number of rotatable bonds is 4. The van der Waals surface area contributed by atoms with Crippen LogP contribution in [0.15, 0.2) is 194 Å². The number of hydrogen-bond acceptors (Lipinski definition) is 3. The second-order valence-electron chi connectivity index (χ2n) is 14.7. The molecule has 4 heteroatoms. The third kappa shape index (κ3) is 4.21. The molecule has 0 saturated heterocycles. The SMILES string of the molecule is c1ccc(-c2nc(-c3ccccc3-c3ccccc3)nc(-n3c4ccccc4c4cc5c(cc43)-c3ccccc3C53c4ccccc4-c4ccccc43)n2)cc1. The van der Waals surface area contributed by atoms with E-state index in [2.05, 4.69) is 174 Å². The lowest BCUT2D eigenvalue weighted by Crippen LogP contribution is -2.25. The standard InChI is InChI=1S/C52H32N4/c1-3-17-33(18-4-1)35-21-7-8-26-40(35)50-53-49(34-19-5-2-6-20-34)54-51(55-50)56-47-30-16-12-25-39(47)42-31-46-41(32-48(42)56)38-24-11-15-29-45(38)52(46)43-27-13-9-22-36(43)37-23-10-14-28-44(37)52/h1-32H. The maximum Gasteiger partial charge on any atom is 0.238 e. The van der Waals surface area contributed by atoms with Crippen LogP contribution in [-0.4, -0.2) is 19.5 Å². The second-order valence-corrected chi connectivity index (χ2v) is 14.7. The van der Waals surface area contributed by atoms with Crippen LogP contribution in [0.25, 0.3) is 83.9 Å². The molecule has 0 saturated carbocycles. The van der Waals surface area contributed by atoms with Gasteiger partial charge in [-0.05, 0) is 73.8 Å². The molecule has 0 aliphatic heterocycles. The van der Waals surface area contributed by atoms with Crippen molar-refractivity contribution in [1.29, 1.82) is 0 Å². The summed E-state index contributed by atoms with van der Waals surface area (Å²) >= 11 is 0. The van der Waals surface area contributed by atoms with Crippen LogP contribution in [-0.2, 0) is 5.41 Å². The Hall–Kier alpha value is -7.43. The molecule has 1 spiro atoms. The number of hydrogen-bond donors (Lipinski definition) is 0. The molecule has 56 heavy (non-hydrogen) atoms. The topological polar surface area (TPSA) is 43.6 Å². The zero-order valence-electron chi connectivity index (χ0n) is 30.3. The lowest BCUT2D eigenvalue weighted by molar-refractivity contribution is 0.795. The molecule has 4 nitrogen and oxygen atoms in total. The molecule has 0 fully saturated rings. The summed E-state index contributed by atoms with van der Waals surface area (Å²) < 4.78 is 2.25. The molecule has 2 aliphatic carbocycles. The van der Waals surface area contributed by atoms with Crippen molar-refractivity contribution in [1.82, 2.24) is 19.5 Å². The van der Waals surface area contributed by atoms with Gasteiger partial charge in [-0.1, -0.05) is 176 Å². The molecular formula is C52H32N4. The van der Waals surface area contributed by atoms with E-state index in [9.17, 15) is 0 Å². The Morgan fingerprint density at radius 1 is 0.321 bits per heavy atom. The van der Waals surface area contributed by atoms with Gasteiger partial charge in [-0.3, -0.25) is 4.57 Å². The van der Waals surface area contributed by atoms with Gasteiger partial charge in [-0.15, -0.1) is 0 Å². The van der Waals surface area contributed by atoms with Crippen LogP contribution >= 0.6 is 0 Å². The molecule has 10 aromatic rings. The van der Waals surface area contributed by atoms with Crippen LogP contribution in [0, 0.1) is 0 Å². The fourth-order valence-corrected chi connectivity index (χ4v) is 9.62. The number of nitrogens with zero attached hydrogens (tertiary/aromatic N) is 4. The molecular weight excluding hydrogens is 681 g/mol. The maximum atomic E-state index is 5.37. The molecule has 0 radical (unpaired) electrons. The van der Waals surface area contributed by atoms with E-state index in [0.29, 0.717) is 17.6 Å². The van der Waals surface area contributed by atoms with Gasteiger partial charge in [0.15, 0.2) is 11.6 Å². The van der Waals surface area contributed by atoms with Crippen molar-refractivity contribution < 1.29 is 0 Å². The molecule has 0 atom stereocenters. The van der Waals surface area contributed by atoms with Crippen molar-refractivity contribution in [2.24, 2.45) is 0 Å². The number of fused-ring (bicyclic) bond motifs is 13. The average Bonchev–Trinajstić information content (AvgIpc) is 3.87. The summed E-state index contributed by atoms with van der Waals surface area (Å²) in [6.45, 7) is 0. The highest BCUT2D eigenvalue weighted by atomic mass is 15.2. The summed E-state index contributed by atoms with van der Waals surface area (Å²) in [5.41, 5.74) is 16.1. The monoisotopic (exact) mass is 712 g/mol. The minimum atomic E-state index is -0.432. The van der Waals surface area contributed by atoms with E-state index in [1.165, 1.54) is 49.9 Å². The van der Waals surface area contributed by atoms with Crippen LogP contribution in [0.2, 0.25) is 0 Å². The fraction of sp³-hybridized carbons (Fsp3) is 0.0192. The van der Waals surface area contributed by atoms with Gasteiger partial charge in [0.1, 0.15) is 0 Å². The first-order valence-electron chi connectivity index (χ1n) is 19.1. The highest BCUT2D eigenvalue weighted by Crippen LogP contribution is 2.63. The van der Waals surface area contributed by atoms with E-state index in [4.69, 9.17) is 15.0 Å². The zero-order chi connectivity index (χ0) is 36.8. The van der Waals surface area contributed by atoms with Crippen LogP contribution in [0.4, 0.5) is 0 Å². The molecule has 2 aromatic heterocycles. The first-order chi connectivity index (χ1) is 27.8. The number of para-hydroxylation sites is 1. The zero-order valence-corrected chi connectivity index (χ0v) is 30.3. The van der Waals surface area contributed by atoms with Crippen LogP contribution < -0.4 is 0 Å². The highest BCUT2D eigenvalue weighted by molar-refractivity contribution is 6.12. The predicted molar refractivity (Wildman–Crippen MR) is 227 cm³/mol. The molecule has 2 heterocycles. The Morgan fingerprint density at radius 3 is 1.48 bits per heavy atom. The minimum absolute atomic E-state index is 0.432. The molecule has 12 rings (SSSR count). The van der Waals surface area contributed by atoms with Crippen LogP contribution in [0.1, 0.15) is 22.3 Å². The maximum absolute atomic E-state index is 5.37. The first-order valence-corrected chi connectivity index (χ1v) is 19.1. The van der Waals surface area contributed by atoms with Crippen molar-refractivity contribution in [3.63, 3.8) is 0 Å². The fourth-order valence-electron chi connectivity index (χ4n) is 9.62. The first kappa shape index (κ1) is 31.0. The van der Waals surface area contributed by atoms with Gasteiger partial charge < -0.3 is 0 Å². The molecule has 0 bridgehead atoms. The van der Waals surface area contributed by atoms with Crippen molar-refractivity contribution in [3.05, 3.63) is 216 Å². The lowest BCUT2D eigenvalue weighted by atomic mass is 9.70. The Kier molecular flexibility index (Phi) is 6.52. The Labute approximate surface area is 324 Å².